The average Bonchev–Trinajstić information content (AvgIpc) is 3.02. The lowest BCUT2D eigenvalue weighted by atomic mass is 10.1. The van der Waals surface area contributed by atoms with E-state index in [1.165, 1.54) is 27.8 Å². The van der Waals surface area contributed by atoms with Crippen LogP contribution in [0.4, 0.5) is 5.69 Å². The van der Waals surface area contributed by atoms with Crippen molar-refractivity contribution in [3.63, 3.8) is 0 Å². The first-order valence-electron chi connectivity index (χ1n) is 10.3. The van der Waals surface area contributed by atoms with Crippen molar-refractivity contribution in [2.75, 3.05) is 38.2 Å². The number of ether oxygens (including phenoxy) is 1. The van der Waals surface area contributed by atoms with Crippen LogP contribution in [-0.2, 0) is 6.54 Å². The molecule has 1 fully saturated rings. The largest absolute Gasteiger partial charge is 0.497 e. The number of nitrogens with zero attached hydrogens (tertiary/aromatic N) is 3. The van der Waals surface area contributed by atoms with Crippen molar-refractivity contribution in [2.45, 2.75) is 27.3 Å². The van der Waals surface area contributed by atoms with Crippen LogP contribution in [0.1, 0.15) is 28.5 Å². The minimum atomic E-state index is 0.127. The zero-order chi connectivity index (χ0) is 20.5. The third kappa shape index (κ3) is 3.46. The number of methoxy groups -OCH3 is 1. The number of aromatic nitrogens is 1. The Morgan fingerprint density at radius 1 is 1.00 bits per heavy atom. The maximum Gasteiger partial charge on any atom is 0.253 e. The molecule has 3 aromatic rings. The lowest BCUT2D eigenvalue weighted by Gasteiger charge is -2.36. The number of fused-ring (bicyclic) bond motifs is 1. The van der Waals surface area contributed by atoms with Gasteiger partial charge in [0.05, 0.1) is 7.11 Å². The van der Waals surface area contributed by atoms with Crippen LogP contribution in [0.2, 0.25) is 0 Å². The Bertz CT molecular complexity index is 1030. The molecule has 0 saturated carbocycles. The van der Waals surface area contributed by atoms with E-state index in [2.05, 4.69) is 54.5 Å². The highest BCUT2D eigenvalue weighted by Gasteiger charge is 2.23. The van der Waals surface area contributed by atoms with Crippen LogP contribution in [0.25, 0.3) is 10.9 Å². The second kappa shape index (κ2) is 7.82. The maximum atomic E-state index is 13.1. The van der Waals surface area contributed by atoms with Gasteiger partial charge in [-0.05, 0) is 68.8 Å². The normalized spacial score (nSPS) is 14.5. The topological polar surface area (TPSA) is 37.7 Å². The molecule has 0 spiro atoms. The van der Waals surface area contributed by atoms with Gasteiger partial charge in [-0.1, -0.05) is 0 Å². The van der Waals surface area contributed by atoms with Crippen molar-refractivity contribution in [3.05, 3.63) is 59.3 Å². The van der Waals surface area contributed by atoms with E-state index in [4.69, 9.17) is 4.74 Å². The molecule has 1 aliphatic rings. The number of hydrogen-bond donors (Lipinski definition) is 0. The van der Waals surface area contributed by atoms with E-state index in [1.54, 1.807) is 7.11 Å². The molecule has 0 radical (unpaired) electrons. The highest BCUT2D eigenvalue weighted by Crippen LogP contribution is 2.27. The van der Waals surface area contributed by atoms with Gasteiger partial charge >= 0.3 is 0 Å². The zero-order valence-electron chi connectivity index (χ0n) is 17.7. The van der Waals surface area contributed by atoms with Crippen molar-refractivity contribution < 1.29 is 9.53 Å². The molecule has 0 unspecified atom stereocenters. The first-order chi connectivity index (χ1) is 14.0. The summed E-state index contributed by atoms with van der Waals surface area (Å²) in [5.41, 5.74) is 5.71. The highest BCUT2D eigenvalue weighted by atomic mass is 16.5. The average molecular weight is 392 g/mol. The van der Waals surface area contributed by atoms with Gasteiger partial charge in [-0.15, -0.1) is 0 Å². The molecule has 0 atom stereocenters. The van der Waals surface area contributed by atoms with Crippen LogP contribution in [-0.4, -0.2) is 48.7 Å². The molecule has 0 N–H and O–H groups in total. The summed E-state index contributed by atoms with van der Waals surface area (Å²) in [6.07, 6.45) is 0. The SMILES string of the molecule is CCn1c(C)c(C)c2cc(C(=O)N3CCN(c4ccc(OC)cc4)CC3)ccc21. The molecule has 5 heteroatoms. The first kappa shape index (κ1) is 19.4. The Balaban J connectivity index is 1.48. The highest BCUT2D eigenvalue weighted by molar-refractivity contribution is 5.99. The van der Waals surface area contributed by atoms with Gasteiger partial charge in [0.2, 0.25) is 0 Å². The maximum absolute atomic E-state index is 13.1. The molecule has 2 heterocycles. The summed E-state index contributed by atoms with van der Waals surface area (Å²) >= 11 is 0. The van der Waals surface area contributed by atoms with Gasteiger partial charge in [0.25, 0.3) is 5.91 Å². The summed E-state index contributed by atoms with van der Waals surface area (Å²) in [5, 5.41) is 1.19. The minimum Gasteiger partial charge on any atom is -0.497 e. The van der Waals surface area contributed by atoms with Gasteiger partial charge in [0.15, 0.2) is 0 Å². The molecule has 1 amide bonds. The first-order valence-corrected chi connectivity index (χ1v) is 10.3. The second-order valence-corrected chi connectivity index (χ2v) is 7.66. The van der Waals surface area contributed by atoms with Gasteiger partial charge in [0.1, 0.15) is 5.75 Å². The second-order valence-electron chi connectivity index (χ2n) is 7.66. The molecule has 4 rings (SSSR count). The Kier molecular flexibility index (Phi) is 5.22. The molecule has 152 valence electrons. The van der Waals surface area contributed by atoms with Crippen LogP contribution in [0.5, 0.6) is 5.75 Å². The summed E-state index contributed by atoms with van der Waals surface area (Å²) in [5.74, 6) is 0.989. The summed E-state index contributed by atoms with van der Waals surface area (Å²) in [6, 6.07) is 14.3. The minimum absolute atomic E-state index is 0.127. The van der Waals surface area contributed by atoms with Gasteiger partial charge in [0, 0.05) is 60.6 Å². The lowest BCUT2D eigenvalue weighted by Crippen LogP contribution is -2.48. The van der Waals surface area contributed by atoms with E-state index in [1.807, 2.05) is 23.1 Å². The smallest absolute Gasteiger partial charge is 0.253 e. The standard InChI is InChI=1S/C24H29N3O2/c1-5-27-18(3)17(2)22-16-19(6-11-23(22)27)24(28)26-14-12-25(13-15-26)20-7-9-21(29-4)10-8-20/h6-11,16H,5,12-15H2,1-4H3. The Labute approximate surface area is 172 Å². The predicted octanol–water partition coefficient (Wildman–Crippen LogP) is 4.25. The Morgan fingerprint density at radius 2 is 1.69 bits per heavy atom. The molecule has 1 aliphatic heterocycles. The number of amides is 1. The van der Waals surface area contributed by atoms with Crippen molar-refractivity contribution >= 4 is 22.5 Å². The molecule has 29 heavy (non-hydrogen) atoms. The number of hydrogen-bond acceptors (Lipinski definition) is 3. The van der Waals surface area contributed by atoms with Gasteiger partial charge < -0.3 is 19.1 Å². The fourth-order valence-electron chi connectivity index (χ4n) is 4.33. The van der Waals surface area contributed by atoms with Crippen LogP contribution >= 0.6 is 0 Å². The number of carbonyl (C=O) groups is 1. The number of anilines is 1. The van der Waals surface area contributed by atoms with Gasteiger partial charge in [-0.3, -0.25) is 4.79 Å². The number of rotatable bonds is 4. The number of carbonyl (C=O) groups excluding carboxylic acids is 1. The number of benzene rings is 2. The molecular weight excluding hydrogens is 362 g/mol. The zero-order valence-corrected chi connectivity index (χ0v) is 17.7. The van der Waals surface area contributed by atoms with E-state index >= 15 is 0 Å². The number of piperazine rings is 1. The molecule has 0 bridgehead atoms. The molecule has 1 aromatic heterocycles. The van der Waals surface area contributed by atoms with Crippen LogP contribution in [0.15, 0.2) is 42.5 Å². The summed E-state index contributed by atoms with van der Waals surface area (Å²) in [6.45, 7) is 10.5. The molecule has 2 aromatic carbocycles. The third-order valence-electron chi connectivity index (χ3n) is 6.21. The van der Waals surface area contributed by atoms with Crippen LogP contribution in [0.3, 0.4) is 0 Å². The predicted molar refractivity (Wildman–Crippen MR) is 118 cm³/mol. The summed E-state index contributed by atoms with van der Waals surface area (Å²) in [4.78, 5) is 17.4. The summed E-state index contributed by atoms with van der Waals surface area (Å²) in [7, 11) is 1.68. The Morgan fingerprint density at radius 3 is 2.31 bits per heavy atom. The summed E-state index contributed by atoms with van der Waals surface area (Å²) < 4.78 is 7.55. The molecule has 5 nitrogen and oxygen atoms in total. The van der Waals surface area contributed by atoms with E-state index in [-0.39, 0.29) is 5.91 Å². The van der Waals surface area contributed by atoms with Crippen LogP contribution < -0.4 is 9.64 Å². The van der Waals surface area contributed by atoms with Crippen molar-refractivity contribution in [3.8, 4) is 5.75 Å². The van der Waals surface area contributed by atoms with E-state index < -0.39 is 0 Å². The lowest BCUT2D eigenvalue weighted by molar-refractivity contribution is 0.0747. The molecule has 1 saturated heterocycles. The van der Waals surface area contributed by atoms with E-state index in [9.17, 15) is 4.79 Å². The quantitative estimate of drug-likeness (QED) is 0.667. The molecular formula is C24H29N3O2. The monoisotopic (exact) mass is 391 g/mol. The van der Waals surface area contributed by atoms with Crippen LogP contribution in [0, 0.1) is 13.8 Å². The number of aryl methyl sites for hydroxylation is 2. The fraction of sp³-hybridized carbons (Fsp3) is 0.375. The van der Waals surface area contributed by atoms with E-state index in [0.717, 1.165) is 44.0 Å². The van der Waals surface area contributed by atoms with Gasteiger partial charge in [-0.2, -0.15) is 0 Å². The Hall–Kier alpha value is -2.95. The fourth-order valence-corrected chi connectivity index (χ4v) is 4.33. The van der Waals surface area contributed by atoms with Gasteiger partial charge in [-0.25, -0.2) is 0 Å². The van der Waals surface area contributed by atoms with E-state index in [0.29, 0.717) is 0 Å². The van der Waals surface area contributed by atoms with Crippen molar-refractivity contribution in [1.82, 2.24) is 9.47 Å². The molecule has 0 aliphatic carbocycles. The third-order valence-corrected chi connectivity index (χ3v) is 6.21. The van der Waals surface area contributed by atoms with Crippen molar-refractivity contribution in [2.24, 2.45) is 0 Å². The van der Waals surface area contributed by atoms with Crippen molar-refractivity contribution in [1.29, 1.82) is 0 Å².